The van der Waals surface area contributed by atoms with E-state index in [4.69, 9.17) is 9.47 Å². The second-order valence-electron chi connectivity index (χ2n) is 4.55. The lowest BCUT2D eigenvalue weighted by atomic mass is 10.1. The predicted octanol–water partition coefficient (Wildman–Crippen LogP) is 2.67. The van der Waals surface area contributed by atoms with Gasteiger partial charge in [0.2, 0.25) is 6.29 Å². The van der Waals surface area contributed by atoms with E-state index in [9.17, 15) is 4.79 Å². The van der Waals surface area contributed by atoms with E-state index >= 15 is 0 Å². The fourth-order valence-corrected chi connectivity index (χ4v) is 1.52. The molecule has 0 fully saturated rings. The lowest BCUT2D eigenvalue weighted by molar-refractivity contribution is -0.165. The molecule has 1 aromatic rings. The van der Waals surface area contributed by atoms with Crippen LogP contribution >= 0.6 is 0 Å². The number of carbonyl (C=O) groups is 1. The van der Waals surface area contributed by atoms with Crippen molar-refractivity contribution in [1.82, 2.24) is 0 Å². The Kier molecular flexibility index (Phi) is 2.27. The molecule has 2 rings (SSSR count). The molecule has 15 heavy (non-hydrogen) atoms. The van der Waals surface area contributed by atoms with E-state index in [1.54, 1.807) is 6.07 Å². The average Bonchev–Trinajstić information content (AvgIpc) is 2.42. The van der Waals surface area contributed by atoms with Crippen molar-refractivity contribution in [3.63, 3.8) is 0 Å². The number of rotatable bonds is 1. The minimum absolute atomic E-state index is 0.306. The van der Waals surface area contributed by atoms with Crippen LogP contribution < -0.4 is 0 Å². The SMILES string of the molecule is CC(C)(C)OC1OC(=O)c2ccccc21. The molecule has 1 unspecified atom stereocenters. The summed E-state index contributed by atoms with van der Waals surface area (Å²) in [6.07, 6.45) is -0.561. The Hall–Kier alpha value is -1.35. The Morgan fingerprint density at radius 2 is 1.93 bits per heavy atom. The largest absolute Gasteiger partial charge is 0.428 e. The van der Waals surface area contributed by atoms with E-state index in [2.05, 4.69) is 0 Å². The Balaban J connectivity index is 2.29. The van der Waals surface area contributed by atoms with E-state index in [0.29, 0.717) is 5.56 Å². The quantitative estimate of drug-likeness (QED) is 0.663. The van der Waals surface area contributed by atoms with Gasteiger partial charge in [-0.25, -0.2) is 4.79 Å². The van der Waals surface area contributed by atoms with Crippen LogP contribution in [0.25, 0.3) is 0 Å². The fourth-order valence-electron chi connectivity index (χ4n) is 1.52. The molecule has 1 aliphatic heterocycles. The third-order valence-electron chi connectivity index (χ3n) is 2.11. The van der Waals surface area contributed by atoms with Crippen LogP contribution in [0.4, 0.5) is 0 Å². The molecule has 0 spiro atoms. The maximum atomic E-state index is 11.5. The fraction of sp³-hybridized carbons (Fsp3) is 0.417. The molecule has 0 bridgehead atoms. The van der Waals surface area contributed by atoms with Crippen LogP contribution in [-0.4, -0.2) is 11.6 Å². The molecule has 3 nitrogen and oxygen atoms in total. The molecule has 0 saturated carbocycles. The van der Waals surface area contributed by atoms with Crippen LogP contribution in [0.5, 0.6) is 0 Å². The van der Waals surface area contributed by atoms with Crippen molar-refractivity contribution in [2.75, 3.05) is 0 Å². The van der Waals surface area contributed by atoms with Gasteiger partial charge in [-0.05, 0) is 26.8 Å². The van der Waals surface area contributed by atoms with Crippen LogP contribution in [0.2, 0.25) is 0 Å². The van der Waals surface area contributed by atoms with E-state index in [0.717, 1.165) is 5.56 Å². The van der Waals surface area contributed by atoms with Crippen LogP contribution in [0.3, 0.4) is 0 Å². The van der Waals surface area contributed by atoms with Gasteiger partial charge >= 0.3 is 5.97 Å². The number of hydrogen-bond acceptors (Lipinski definition) is 3. The first-order valence-electron chi connectivity index (χ1n) is 4.95. The molecule has 0 saturated heterocycles. The molecule has 1 aliphatic rings. The van der Waals surface area contributed by atoms with Crippen molar-refractivity contribution in [1.29, 1.82) is 0 Å². The number of carbonyl (C=O) groups excluding carboxylic acids is 1. The van der Waals surface area contributed by atoms with Crippen LogP contribution in [0, 0.1) is 0 Å². The van der Waals surface area contributed by atoms with Crippen LogP contribution in [0.1, 0.15) is 43.0 Å². The number of fused-ring (bicyclic) bond motifs is 1. The Morgan fingerprint density at radius 3 is 2.60 bits per heavy atom. The van der Waals surface area contributed by atoms with Gasteiger partial charge in [0.15, 0.2) is 0 Å². The molecular formula is C12H14O3. The lowest BCUT2D eigenvalue weighted by Gasteiger charge is -2.23. The second-order valence-corrected chi connectivity index (χ2v) is 4.55. The summed E-state index contributed by atoms with van der Waals surface area (Å²) in [5, 5.41) is 0. The van der Waals surface area contributed by atoms with Crippen molar-refractivity contribution < 1.29 is 14.3 Å². The molecule has 3 heteroatoms. The van der Waals surface area contributed by atoms with Gasteiger partial charge in [-0.15, -0.1) is 0 Å². The Bertz CT molecular complexity index is 390. The minimum atomic E-state index is -0.561. The number of ether oxygens (including phenoxy) is 2. The van der Waals surface area contributed by atoms with Gasteiger partial charge in [-0.3, -0.25) is 0 Å². The summed E-state index contributed by atoms with van der Waals surface area (Å²) in [5.41, 5.74) is 1.09. The predicted molar refractivity (Wildman–Crippen MR) is 55.4 cm³/mol. The Labute approximate surface area is 89.0 Å². The standard InChI is InChI=1S/C12H14O3/c1-12(2,3)15-11-9-7-5-4-6-8(9)10(13)14-11/h4-7,11H,1-3H3. The van der Waals surface area contributed by atoms with Crippen LogP contribution in [0.15, 0.2) is 24.3 Å². The number of esters is 1. The highest BCUT2D eigenvalue weighted by atomic mass is 16.7. The monoisotopic (exact) mass is 206 g/mol. The first kappa shape index (κ1) is 10.2. The molecule has 1 aromatic carbocycles. The summed E-state index contributed by atoms with van der Waals surface area (Å²) >= 11 is 0. The maximum Gasteiger partial charge on any atom is 0.341 e. The molecule has 0 aromatic heterocycles. The van der Waals surface area contributed by atoms with E-state index in [1.165, 1.54) is 0 Å². The molecule has 0 amide bonds. The minimum Gasteiger partial charge on any atom is -0.428 e. The zero-order chi connectivity index (χ0) is 11.1. The van der Waals surface area contributed by atoms with Crippen molar-refractivity contribution in [2.24, 2.45) is 0 Å². The number of cyclic esters (lactones) is 1. The lowest BCUT2D eigenvalue weighted by Crippen LogP contribution is -2.22. The van der Waals surface area contributed by atoms with E-state index < -0.39 is 6.29 Å². The number of hydrogen-bond donors (Lipinski definition) is 0. The highest BCUT2D eigenvalue weighted by molar-refractivity contribution is 5.93. The van der Waals surface area contributed by atoms with Crippen molar-refractivity contribution in [3.8, 4) is 0 Å². The van der Waals surface area contributed by atoms with Gasteiger partial charge in [-0.2, -0.15) is 0 Å². The van der Waals surface area contributed by atoms with Gasteiger partial charge < -0.3 is 9.47 Å². The zero-order valence-corrected chi connectivity index (χ0v) is 9.11. The van der Waals surface area contributed by atoms with Crippen molar-refractivity contribution in [2.45, 2.75) is 32.7 Å². The topological polar surface area (TPSA) is 35.5 Å². The number of benzene rings is 1. The van der Waals surface area contributed by atoms with Crippen molar-refractivity contribution >= 4 is 5.97 Å². The summed E-state index contributed by atoms with van der Waals surface area (Å²) < 4.78 is 10.8. The summed E-state index contributed by atoms with van der Waals surface area (Å²) in [5.74, 6) is -0.306. The summed E-state index contributed by atoms with van der Waals surface area (Å²) in [6.45, 7) is 5.80. The highest BCUT2D eigenvalue weighted by Crippen LogP contribution is 2.34. The molecule has 1 heterocycles. The summed E-state index contributed by atoms with van der Waals surface area (Å²) in [6, 6.07) is 7.31. The molecule has 80 valence electrons. The summed E-state index contributed by atoms with van der Waals surface area (Å²) in [4.78, 5) is 11.5. The third-order valence-corrected chi connectivity index (χ3v) is 2.11. The van der Waals surface area contributed by atoms with Gasteiger partial charge in [0.1, 0.15) is 0 Å². The van der Waals surface area contributed by atoms with Gasteiger partial charge in [0.05, 0.1) is 11.2 Å². The third kappa shape index (κ3) is 2.02. The molecular weight excluding hydrogens is 192 g/mol. The maximum absolute atomic E-state index is 11.5. The normalized spacial score (nSPS) is 19.9. The van der Waals surface area contributed by atoms with Gasteiger partial charge in [0.25, 0.3) is 0 Å². The molecule has 1 atom stereocenters. The van der Waals surface area contributed by atoms with Crippen molar-refractivity contribution in [3.05, 3.63) is 35.4 Å². The summed E-state index contributed by atoms with van der Waals surface area (Å²) in [7, 11) is 0. The van der Waals surface area contributed by atoms with Crippen LogP contribution in [-0.2, 0) is 9.47 Å². The second kappa shape index (κ2) is 3.35. The van der Waals surface area contributed by atoms with Gasteiger partial charge in [0, 0.05) is 5.56 Å². The first-order valence-corrected chi connectivity index (χ1v) is 4.95. The molecule has 0 N–H and O–H groups in total. The van der Waals surface area contributed by atoms with Gasteiger partial charge in [-0.1, -0.05) is 18.2 Å². The van der Waals surface area contributed by atoms with E-state index in [1.807, 2.05) is 39.0 Å². The average molecular weight is 206 g/mol. The highest BCUT2D eigenvalue weighted by Gasteiger charge is 2.33. The molecule has 0 radical (unpaired) electrons. The van der Waals surface area contributed by atoms with E-state index in [-0.39, 0.29) is 11.6 Å². The molecule has 0 aliphatic carbocycles. The Morgan fingerprint density at radius 1 is 1.27 bits per heavy atom. The zero-order valence-electron chi connectivity index (χ0n) is 9.11. The smallest absolute Gasteiger partial charge is 0.341 e. The first-order chi connectivity index (χ1) is 6.97.